The lowest BCUT2D eigenvalue weighted by atomic mass is 10.1. The molecule has 0 heterocycles. The minimum absolute atomic E-state index is 0.0923. The zero-order valence-electron chi connectivity index (χ0n) is 20.0. The molecule has 3 rings (SSSR count). The van der Waals surface area contributed by atoms with Crippen LogP contribution in [0.5, 0.6) is 5.75 Å². The highest BCUT2D eigenvalue weighted by Crippen LogP contribution is 2.31. The molecule has 3 aromatic rings. The smallest absolute Gasteiger partial charge is 0.249 e. The van der Waals surface area contributed by atoms with Crippen LogP contribution in [-0.4, -0.2) is 17.9 Å². The van der Waals surface area contributed by atoms with Crippen LogP contribution in [0.15, 0.2) is 99.6 Å². The molecule has 0 radical (unpaired) electrons. The van der Waals surface area contributed by atoms with E-state index in [1.165, 1.54) is 59.6 Å². The van der Waals surface area contributed by atoms with Crippen LogP contribution in [0.2, 0.25) is 0 Å². The molecular weight excluding hydrogens is 444 g/mol. The van der Waals surface area contributed by atoms with Gasteiger partial charge < -0.3 is 19.7 Å². The monoisotopic (exact) mass is 480 g/mol. The van der Waals surface area contributed by atoms with Crippen molar-refractivity contribution in [1.82, 2.24) is 0 Å². The van der Waals surface area contributed by atoms with Gasteiger partial charge in [-0.1, -0.05) is 88.3 Å². The van der Waals surface area contributed by atoms with Crippen LogP contribution in [0.1, 0.15) is 58.3 Å². The largest absolute Gasteiger partial charge is 0.565 e. The van der Waals surface area contributed by atoms with Gasteiger partial charge in [0.1, 0.15) is 5.75 Å². The van der Waals surface area contributed by atoms with Gasteiger partial charge in [0, 0.05) is 0 Å². The molecule has 0 amide bonds. The van der Waals surface area contributed by atoms with Crippen LogP contribution >= 0.6 is 0 Å². The first-order valence-corrected chi connectivity index (χ1v) is 13.3. The van der Waals surface area contributed by atoms with Crippen molar-refractivity contribution in [3.8, 4) is 5.75 Å². The van der Waals surface area contributed by atoms with Gasteiger partial charge in [0.05, 0.1) is 17.5 Å². The highest BCUT2D eigenvalue weighted by atomic mass is 32.2. The zero-order chi connectivity index (χ0) is 24.4. The fourth-order valence-corrected chi connectivity index (χ4v) is 5.70. The second kappa shape index (κ2) is 16.7. The van der Waals surface area contributed by atoms with E-state index in [9.17, 15) is 0 Å². The third-order valence-corrected chi connectivity index (χ3v) is 7.51. The minimum atomic E-state index is -2.08. The van der Waals surface area contributed by atoms with Gasteiger partial charge in [-0.25, -0.2) is 0 Å². The second-order valence-corrected chi connectivity index (χ2v) is 10.0. The van der Waals surface area contributed by atoms with Gasteiger partial charge in [-0.05, 0) is 55.0 Å². The van der Waals surface area contributed by atoms with E-state index in [1.54, 1.807) is 0 Å². The van der Waals surface area contributed by atoms with Crippen molar-refractivity contribution in [1.29, 1.82) is 0 Å². The lowest BCUT2D eigenvalue weighted by Gasteiger charge is -2.09. The molecule has 5 heteroatoms. The summed E-state index contributed by atoms with van der Waals surface area (Å²) >= 11 is 0. The molecule has 0 aliphatic rings. The van der Waals surface area contributed by atoms with Crippen LogP contribution in [0.3, 0.4) is 0 Å². The number of rotatable bonds is 13. The number of hydrogen-bond donors (Lipinski definition) is 1. The van der Waals surface area contributed by atoms with Gasteiger partial charge in [-0.15, -0.1) is 0 Å². The third kappa shape index (κ3) is 10.8. The van der Waals surface area contributed by atoms with Crippen molar-refractivity contribution in [3.63, 3.8) is 0 Å². The summed E-state index contributed by atoms with van der Waals surface area (Å²) in [6.07, 6.45) is 8.54. The number of carboxylic acid groups (broad SMARTS) is 2. The molecule has 0 aromatic heterocycles. The van der Waals surface area contributed by atoms with E-state index in [1.807, 2.05) is 0 Å². The number of benzene rings is 3. The van der Waals surface area contributed by atoms with Crippen LogP contribution < -0.4 is 9.84 Å². The highest BCUT2D eigenvalue weighted by molar-refractivity contribution is 7.97. The van der Waals surface area contributed by atoms with Crippen LogP contribution in [0, 0.1) is 0 Å². The van der Waals surface area contributed by atoms with Crippen molar-refractivity contribution in [2.45, 2.75) is 73.0 Å². The molecule has 0 aliphatic carbocycles. The lowest BCUT2D eigenvalue weighted by molar-refractivity contribution is -0.275. The Morgan fingerprint density at radius 1 is 0.706 bits per heavy atom. The first kappa shape index (κ1) is 27.3. The minimum Gasteiger partial charge on any atom is -0.565 e. The van der Waals surface area contributed by atoms with Crippen molar-refractivity contribution >= 4 is 17.1 Å². The van der Waals surface area contributed by atoms with E-state index >= 15 is 0 Å². The van der Waals surface area contributed by atoms with Crippen LogP contribution in [0.25, 0.3) is 0 Å². The maximum absolute atomic E-state index is 8.44. The molecule has 1 N–H and O–H groups in total. The van der Waals surface area contributed by atoms with E-state index in [0.29, 0.717) is 0 Å². The quantitative estimate of drug-likeness (QED) is 0.208. The molecule has 0 aliphatic heterocycles. The highest BCUT2D eigenvalue weighted by Gasteiger charge is 2.28. The Balaban J connectivity index is 0.000000945. The average molecular weight is 481 g/mol. The molecule has 0 fully saturated rings. The normalized spacial score (nSPS) is 10.4. The molecule has 34 heavy (non-hydrogen) atoms. The molecule has 0 spiro atoms. The van der Waals surface area contributed by atoms with E-state index in [0.717, 1.165) is 18.8 Å². The summed E-state index contributed by atoms with van der Waals surface area (Å²) in [7, 11) is -0.0923. The lowest BCUT2D eigenvalue weighted by Crippen LogP contribution is -2.17. The third-order valence-electron chi connectivity index (χ3n) is 5.28. The first-order valence-electron chi connectivity index (χ1n) is 12.1. The zero-order valence-corrected chi connectivity index (χ0v) is 20.8. The standard InChI is InChI=1S/C28H35OS.CH2O3/c1-2-3-4-5-6-7-8-15-24-29-25-20-22-28(23-21-25)30(26-16-11-9-12-17-26)27-18-13-10-14-19-27;2-1(3)4/h9-14,16-23H,2-8,15,24H2,1H3;(H2,2,3,4)/q+1;/p-1. The molecule has 4 nitrogen and oxygen atoms in total. The summed E-state index contributed by atoms with van der Waals surface area (Å²) in [6.45, 7) is 3.09. The predicted octanol–water partition coefficient (Wildman–Crippen LogP) is 7.19. The Morgan fingerprint density at radius 2 is 1.12 bits per heavy atom. The maximum atomic E-state index is 8.44. The number of unbranched alkanes of at least 4 members (excludes halogenated alkanes) is 7. The summed E-state index contributed by atoms with van der Waals surface area (Å²) in [5, 5.41) is 15.3. The number of carbonyl (C=O) groups is 1. The van der Waals surface area contributed by atoms with Gasteiger partial charge in [0.25, 0.3) is 0 Å². The molecule has 0 bridgehead atoms. The van der Waals surface area contributed by atoms with Gasteiger partial charge >= 0.3 is 0 Å². The maximum Gasteiger partial charge on any atom is 0.249 e. The molecule has 0 saturated heterocycles. The number of ether oxygens (including phenoxy) is 1. The van der Waals surface area contributed by atoms with Crippen molar-refractivity contribution in [2.24, 2.45) is 0 Å². The first-order chi connectivity index (χ1) is 16.6. The fourth-order valence-electron chi connectivity index (χ4n) is 3.62. The Labute approximate surface area is 207 Å². The SMILES string of the molecule is CCCCCCCCCCOc1ccc([S+](c2ccccc2)c2ccccc2)cc1.O=C([O-])O. The topological polar surface area (TPSA) is 69.6 Å². The average Bonchev–Trinajstić information content (AvgIpc) is 2.85. The predicted molar refractivity (Wildman–Crippen MR) is 138 cm³/mol. The molecule has 0 atom stereocenters. The summed E-state index contributed by atoms with van der Waals surface area (Å²) in [4.78, 5) is 12.5. The van der Waals surface area contributed by atoms with E-state index in [4.69, 9.17) is 19.7 Å². The molecule has 0 saturated carbocycles. The van der Waals surface area contributed by atoms with Crippen molar-refractivity contribution in [2.75, 3.05) is 6.61 Å². The Morgan fingerprint density at radius 3 is 1.59 bits per heavy atom. The number of hydrogen-bond acceptors (Lipinski definition) is 3. The van der Waals surface area contributed by atoms with Crippen molar-refractivity contribution in [3.05, 3.63) is 84.9 Å². The summed E-state index contributed by atoms with van der Waals surface area (Å²) < 4.78 is 6.00. The van der Waals surface area contributed by atoms with Gasteiger partial charge in [0.2, 0.25) is 6.16 Å². The summed E-state index contributed by atoms with van der Waals surface area (Å²) in [5.41, 5.74) is 0. The van der Waals surface area contributed by atoms with Gasteiger partial charge in [-0.3, -0.25) is 0 Å². The van der Waals surface area contributed by atoms with E-state index < -0.39 is 6.16 Å². The van der Waals surface area contributed by atoms with Crippen molar-refractivity contribution < 1.29 is 19.7 Å². The van der Waals surface area contributed by atoms with Crippen LogP contribution in [-0.2, 0) is 10.9 Å². The molecular formula is C29H36O4S. The fraction of sp³-hybridized carbons (Fsp3) is 0.345. The van der Waals surface area contributed by atoms with Gasteiger partial charge in [-0.2, -0.15) is 0 Å². The molecule has 0 unspecified atom stereocenters. The molecule has 182 valence electrons. The van der Waals surface area contributed by atoms with E-state index in [-0.39, 0.29) is 10.9 Å². The van der Waals surface area contributed by atoms with Gasteiger partial charge in [0.15, 0.2) is 14.7 Å². The molecule has 3 aromatic carbocycles. The van der Waals surface area contributed by atoms with Crippen LogP contribution in [0.4, 0.5) is 4.79 Å². The second-order valence-electron chi connectivity index (χ2n) is 7.99. The summed E-state index contributed by atoms with van der Waals surface area (Å²) in [5.74, 6) is 0.978. The summed E-state index contributed by atoms with van der Waals surface area (Å²) in [6, 6.07) is 30.3. The van der Waals surface area contributed by atoms with E-state index in [2.05, 4.69) is 91.9 Å². The Hall–Kier alpha value is -2.92. The Bertz CT molecular complexity index is 870. The Kier molecular flexibility index (Phi) is 13.4.